The van der Waals surface area contributed by atoms with Crippen molar-refractivity contribution >= 4 is 91.9 Å². The maximum Gasteiger partial charge on any atom is 0.0541 e. The van der Waals surface area contributed by atoms with Crippen LogP contribution in [0.3, 0.4) is 0 Å². The molecular weight excluding hydrogens is 805 g/mol. The van der Waals surface area contributed by atoms with Gasteiger partial charge in [0.2, 0.25) is 0 Å². The summed E-state index contributed by atoms with van der Waals surface area (Å²) in [5.74, 6) is 0. The van der Waals surface area contributed by atoms with Gasteiger partial charge in [-0.2, -0.15) is 0 Å². The van der Waals surface area contributed by atoms with Gasteiger partial charge in [0.05, 0.1) is 22.4 Å². The van der Waals surface area contributed by atoms with Gasteiger partial charge in [-0.15, -0.1) is 11.3 Å². The van der Waals surface area contributed by atoms with Gasteiger partial charge in [0.25, 0.3) is 0 Å². The van der Waals surface area contributed by atoms with Crippen molar-refractivity contribution in [1.29, 1.82) is 0 Å². The average molecular weight is 845 g/mol. The summed E-state index contributed by atoms with van der Waals surface area (Å²) in [7, 11) is 0. The molecule has 0 atom stereocenters. The highest BCUT2D eigenvalue weighted by molar-refractivity contribution is 7.25. The number of nitrogens with zero attached hydrogens (tertiary/aromatic N) is 2. The molecule has 0 spiro atoms. The van der Waals surface area contributed by atoms with E-state index in [4.69, 9.17) is 0 Å². The van der Waals surface area contributed by atoms with Crippen LogP contribution in [0.1, 0.15) is 0 Å². The number of benzene rings is 11. The number of anilines is 3. The number of hydrogen-bond donors (Lipinski definition) is 0. The Morgan fingerprint density at radius 3 is 1.65 bits per heavy atom. The second-order valence-electron chi connectivity index (χ2n) is 16.8. The van der Waals surface area contributed by atoms with Crippen LogP contribution in [0.25, 0.3) is 103 Å². The van der Waals surface area contributed by atoms with Crippen molar-refractivity contribution in [2.24, 2.45) is 0 Å². The van der Waals surface area contributed by atoms with Crippen molar-refractivity contribution in [3.63, 3.8) is 0 Å². The first-order chi connectivity index (χ1) is 32.2. The molecule has 2 aromatic heterocycles. The molecule has 3 heteroatoms. The van der Waals surface area contributed by atoms with E-state index in [-0.39, 0.29) is 0 Å². The van der Waals surface area contributed by atoms with Crippen molar-refractivity contribution < 1.29 is 0 Å². The number of thiophene rings is 1. The molecule has 0 saturated heterocycles. The van der Waals surface area contributed by atoms with Gasteiger partial charge in [0, 0.05) is 53.4 Å². The molecule has 0 bridgehead atoms. The molecule has 0 aliphatic heterocycles. The van der Waals surface area contributed by atoms with Crippen LogP contribution in [-0.2, 0) is 0 Å². The molecular formula is C62H40N2S. The number of para-hydroxylation sites is 4. The van der Waals surface area contributed by atoms with E-state index in [1.165, 1.54) is 85.8 Å². The molecule has 304 valence electrons. The van der Waals surface area contributed by atoms with Gasteiger partial charge in [-0.05, 0) is 117 Å². The van der Waals surface area contributed by atoms with Crippen LogP contribution in [0.15, 0.2) is 243 Å². The first-order valence-corrected chi connectivity index (χ1v) is 23.1. The van der Waals surface area contributed by atoms with Gasteiger partial charge < -0.3 is 9.47 Å². The molecule has 0 saturated carbocycles. The summed E-state index contributed by atoms with van der Waals surface area (Å²) in [6, 6.07) is 89.1. The van der Waals surface area contributed by atoms with Crippen molar-refractivity contribution in [2.45, 2.75) is 0 Å². The molecule has 11 aromatic carbocycles. The Morgan fingerprint density at radius 2 is 0.862 bits per heavy atom. The highest BCUT2D eigenvalue weighted by Crippen LogP contribution is 2.46. The lowest BCUT2D eigenvalue weighted by Crippen LogP contribution is -2.11. The molecule has 0 aliphatic rings. The van der Waals surface area contributed by atoms with Crippen LogP contribution in [0, 0.1) is 0 Å². The van der Waals surface area contributed by atoms with Crippen LogP contribution in [0.5, 0.6) is 0 Å². The van der Waals surface area contributed by atoms with Gasteiger partial charge in [0.1, 0.15) is 0 Å². The quantitative estimate of drug-likeness (QED) is 0.145. The van der Waals surface area contributed by atoms with Crippen molar-refractivity contribution in [1.82, 2.24) is 4.57 Å². The lowest BCUT2D eigenvalue weighted by molar-refractivity contribution is 1.18. The third-order valence-corrected chi connectivity index (χ3v) is 14.3. The number of hydrogen-bond acceptors (Lipinski definition) is 2. The van der Waals surface area contributed by atoms with Gasteiger partial charge in [-0.3, -0.25) is 0 Å². The molecule has 2 heterocycles. The van der Waals surface area contributed by atoms with Crippen LogP contribution >= 0.6 is 11.3 Å². The lowest BCUT2D eigenvalue weighted by atomic mass is 9.93. The van der Waals surface area contributed by atoms with E-state index in [1.807, 2.05) is 11.3 Å². The fraction of sp³-hybridized carbons (Fsp3) is 0. The summed E-state index contributed by atoms with van der Waals surface area (Å²) >= 11 is 1.86. The van der Waals surface area contributed by atoms with Crippen molar-refractivity contribution in [3.05, 3.63) is 243 Å². The fourth-order valence-corrected chi connectivity index (χ4v) is 11.4. The Balaban J connectivity index is 1.02. The van der Waals surface area contributed by atoms with E-state index >= 15 is 0 Å². The molecule has 13 aromatic rings. The molecule has 65 heavy (non-hydrogen) atoms. The van der Waals surface area contributed by atoms with Crippen LogP contribution in [-0.4, -0.2) is 4.57 Å². The van der Waals surface area contributed by atoms with Gasteiger partial charge in [0.15, 0.2) is 0 Å². The summed E-state index contributed by atoms with van der Waals surface area (Å²) in [5.41, 5.74) is 13.9. The average Bonchev–Trinajstić information content (AvgIpc) is 3.92. The predicted molar refractivity (Wildman–Crippen MR) is 280 cm³/mol. The summed E-state index contributed by atoms with van der Waals surface area (Å²) in [6.07, 6.45) is 0. The smallest absolute Gasteiger partial charge is 0.0541 e. The van der Waals surface area contributed by atoms with Crippen LogP contribution < -0.4 is 4.90 Å². The van der Waals surface area contributed by atoms with E-state index in [9.17, 15) is 0 Å². The molecule has 0 radical (unpaired) electrons. The topological polar surface area (TPSA) is 8.17 Å². The zero-order valence-electron chi connectivity index (χ0n) is 35.4. The van der Waals surface area contributed by atoms with Crippen molar-refractivity contribution in [3.8, 4) is 39.1 Å². The maximum atomic E-state index is 2.44. The molecule has 13 rings (SSSR count). The molecule has 2 nitrogen and oxygen atoms in total. The number of rotatable bonds is 7. The predicted octanol–water partition coefficient (Wildman–Crippen LogP) is 17.9. The standard InChI is InChI=1S/C62H40N2S/c1-2-17-45(18-3-1)63(46-34-30-41(31-35-46)55-38-42-16-4-5-19-47(42)49-21-6-7-22-50(49)55)60-37-33-43(39-56(60)44-32-36-54-53-25-11-15-29-61(53)65-62(54)40-44)48-20-8-12-26-57(48)64-58-27-13-9-23-51(58)52-24-10-14-28-59(52)64/h1-40H. The van der Waals surface area contributed by atoms with E-state index in [0.717, 1.165) is 33.9 Å². The summed E-state index contributed by atoms with van der Waals surface area (Å²) in [5, 5.41) is 10.2. The molecule has 0 unspecified atom stereocenters. The van der Waals surface area contributed by atoms with Gasteiger partial charge in [-0.1, -0.05) is 170 Å². The molecule has 0 fully saturated rings. The lowest BCUT2D eigenvalue weighted by Gasteiger charge is -2.29. The Bertz CT molecular complexity index is 3900. The summed E-state index contributed by atoms with van der Waals surface area (Å²) in [6.45, 7) is 0. The van der Waals surface area contributed by atoms with Gasteiger partial charge >= 0.3 is 0 Å². The molecule has 0 aliphatic carbocycles. The fourth-order valence-electron chi connectivity index (χ4n) is 10.2. The normalized spacial score (nSPS) is 11.7. The van der Waals surface area contributed by atoms with Gasteiger partial charge in [-0.25, -0.2) is 0 Å². The van der Waals surface area contributed by atoms with E-state index in [1.54, 1.807) is 0 Å². The maximum absolute atomic E-state index is 2.44. The summed E-state index contributed by atoms with van der Waals surface area (Å²) < 4.78 is 5.02. The highest BCUT2D eigenvalue weighted by Gasteiger charge is 2.22. The Hall–Kier alpha value is -8.24. The van der Waals surface area contributed by atoms with Crippen LogP contribution in [0.4, 0.5) is 17.1 Å². The largest absolute Gasteiger partial charge is 0.310 e. The first-order valence-electron chi connectivity index (χ1n) is 22.2. The van der Waals surface area contributed by atoms with E-state index < -0.39 is 0 Å². The first kappa shape index (κ1) is 37.3. The minimum Gasteiger partial charge on any atom is -0.310 e. The SMILES string of the molecule is c1ccc(N(c2ccc(-c3cc4ccccc4c4ccccc34)cc2)c2ccc(-c3ccccc3-n3c4ccccc4c4ccccc43)cc2-c2ccc3c(c2)sc2ccccc23)cc1. The zero-order chi connectivity index (χ0) is 42.8. The number of fused-ring (bicyclic) bond motifs is 9. The minimum atomic E-state index is 1.09. The van der Waals surface area contributed by atoms with Crippen molar-refractivity contribution in [2.75, 3.05) is 4.90 Å². The second kappa shape index (κ2) is 15.2. The summed E-state index contributed by atoms with van der Waals surface area (Å²) in [4.78, 5) is 2.43. The Kier molecular flexibility index (Phi) is 8.75. The monoisotopic (exact) mass is 844 g/mol. The number of aromatic nitrogens is 1. The second-order valence-corrected chi connectivity index (χ2v) is 17.9. The van der Waals surface area contributed by atoms with Crippen LogP contribution in [0.2, 0.25) is 0 Å². The highest BCUT2D eigenvalue weighted by atomic mass is 32.1. The van der Waals surface area contributed by atoms with E-state index in [2.05, 4.69) is 252 Å². The Morgan fingerprint density at radius 1 is 0.308 bits per heavy atom. The van der Waals surface area contributed by atoms with E-state index in [0.29, 0.717) is 0 Å². The zero-order valence-corrected chi connectivity index (χ0v) is 36.2. The molecule has 0 N–H and O–H groups in total. The third kappa shape index (κ3) is 6.16. The Labute approximate surface area is 381 Å². The molecule has 0 amide bonds. The third-order valence-electron chi connectivity index (χ3n) is 13.2. The minimum absolute atomic E-state index is 1.09.